The maximum Gasteiger partial charge on any atom is 0.406 e. The summed E-state index contributed by atoms with van der Waals surface area (Å²) in [4.78, 5) is 27.9. The lowest BCUT2D eigenvalue weighted by molar-refractivity contribution is -0.345. The summed E-state index contributed by atoms with van der Waals surface area (Å²) in [5.74, 6) is -0.115. The molecule has 1 spiro atoms. The van der Waals surface area contributed by atoms with Gasteiger partial charge in [-0.3, -0.25) is 19.2 Å². The van der Waals surface area contributed by atoms with E-state index in [1.165, 1.54) is 0 Å². The minimum atomic E-state index is -1.24. The van der Waals surface area contributed by atoms with Crippen molar-refractivity contribution < 1.29 is 19.1 Å². The molecule has 0 aromatic carbocycles. The lowest BCUT2D eigenvalue weighted by Gasteiger charge is -2.63. The molecule has 0 N–H and O–H groups in total. The van der Waals surface area contributed by atoms with Crippen LogP contribution in [0.2, 0.25) is 0 Å². The highest BCUT2D eigenvalue weighted by atomic mass is 16.6. The molecule has 0 amide bonds. The summed E-state index contributed by atoms with van der Waals surface area (Å²) in [5, 5.41) is 0. The predicted molar refractivity (Wildman–Crippen MR) is 71.8 cm³/mol. The van der Waals surface area contributed by atoms with Crippen LogP contribution in [0.25, 0.3) is 4.85 Å². The normalized spacial score (nSPS) is 49.0. The number of ketones is 1. The molecule has 4 rings (SSSR count). The third-order valence-corrected chi connectivity index (χ3v) is 6.45. The summed E-state index contributed by atoms with van der Waals surface area (Å²) >= 11 is 0. The average Bonchev–Trinajstić information content (AvgIpc) is 2.96. The van der Waals surface area contributed by atoms with Crippen LogP contribution in [0.4, 0.5) is 0 Å². The first-order chi connectivity index (χ1) is 9.84. The van der Waals surface area contributed by atoms with E-state index in [2.05, 4.69) is 4.85 Å². The quantitative estimate of drug-likeness (QED) is 0.588. The van der Waals surface area contributed by atoms with Gasteiger partial charge in [0.05, 0.1) is 5.41 Å². The molecule has 1 heterocycles. The molecule has 3 aliphatic carbocycles. The highest BCUT2D eigenvalue weighted by Crippen LogP contribution is 2.79. The standard InChI is InChI=1S/C16H19NO4/c1-5-14(2,3)13(19)20-10-8-6-9-11(18)16(17-4)15(9,7-8)12(10)21-16/h8-10,12H,5-7H2,1-3H3. The van der Waals surface area contributed by atoms with Crippen molar-refractivity contribution in [1.82, 2.24) is 0 Å². The second kappa shape index (κ2) is 3.49. The molecule has 0 aromatic rings. The third kappa shape index (κ3) is 1.12. The van der Waals surface area contributed by atoms with Gasteiger partial charge in [-0.2, -0.15) is 0 Å². The fraction of sp³-hybridized carbons (Fsp3) is 0.812. The molecule has 1 aliphatic heterocycles. The zero-order valence-corrected chi connectivity index (χ0v) is 12.5. The summed E-state index contributed by atoms with van der Waals surface area (Å²) in [7, 11) is 0. The number of hydrogen-bond donors (Lipinski definition) is 0. The van der Waals surface area contributed by atoms with Crippen molar-refractivity contribution in [3.8, 4) is 0 Å². The van der Waals surface area contributed by atoms with Gasteiger partial charge in [-0.1, -0.05) is 6.92 Å². The van der Waals surface area contributed by atoms with Gasteiger partial charge in [0.2, 0.25) is 0 Å². The first-order valence-corrected chi connectivity index (χ1v) is 7.66. The van der Waals surface area contributed by atoms with Crippen LogP contribution in [0.5, 0.6) is 0 Å². The molecule has 112 valence electrons. The fourth-order valence-electron chi connectivity index (χ4n) is 4.81. The van der Waals surface area contributed by atoms with Crippen LogP contribution in [0.3, 0.4) is 0 Å². The van der Waals surface area contributed by atoms with Crippen LogP contribution in [-0.2, 0) is 19.1 Å². The minimum Gasteiger partial charge on any atom is -0.459 e. The van der Waals surface area contributed by atoms with Crippen molar-refractivity contribution >= 4 is 11.8 Å². The van der Waals surface area contributed by atoms with Gasteiger partial charge in [0.1, 0.15) is 17.6 Å². The highest BCUT2D eigenvalue weighted by Gasteiger charge is 2.97. The molecule has 0 aromatic heterocycles. The number of fused-ring (bicyclic) bond motifs is 1. The Labute approximate surface area is 123 Å². The fourth-order valence-corrected chi connectivity index (χ4v) is 4.81. The van der Waals surface area contributed by atoms with E-state index in [0.717, 1.165) is 12.8 Å². The van der Waals surface area contributed by atoms with Crippen LogP contribution in [0.15, 0.2) is 0 Å². The van der Waals surface area contributed by atoms with Gasteiger partial charge in [0.15, 0.2) is 0 Å². The highest BCUT2D eigenvalue weighted by molar-refractivity contribution is 6.02. The maximum absolute atomic E-state index is 12.3. The number of ether oxygens (including phenoxy) is 2. The van der Waals surface area contributed by atoms with E-state index in [9.17, 15) is 9.59 Å². The van der Waals surface area contributed by atoms with Crippen molar-refractivity contribution in [2.45, 2.75) is 58.0 Å². The molecule has 6 atom stereocenters. The Kier molecular flexibility index (Phi) is 2.21. The van der Waals surface area contributed by atoms with Crippen LogP contribution in [-0.4, -0.2) is 29.7 Å². The summed E-state index contributed by atoms with van der Waals surface area (Å²) in [6.07, 6.45) is 1.74. The van der Waals surface area contributed by atoms with Crippen LogP contribution in [0, 0.1) is 29.2 Å². The SMILES string of the molecule is [C-]#[N+]C12OC3C(OC(=O)C(C)(C)CC)C4CC(C1=O)C32C4. The van der Waals surface area contributed by atoms with Gasteiger partial charge >= 0.3 is 11.7 Å². The van der Waals surface area contributed by atoms with Gasteiger partial charge < -0.3 is 4.74 Å². The van der Waals surface area contributed by atoms with Gasteiger partial charge in [-0.05, 0) is 33.1 Å². The maximum atomic E-state index is 12.3. The Morgan fingerprint density at radius 1 is 1.57 bits per heavy atom. The zero-order chi connectivity index (χ0) is 15.2. The van der Waals surface area contributed by atoms with Gasteiger partial charge in [-0.15, -0.1) is 0 Å². The second-order valence-electron chi connectivity index (χ2n) is 7.56. The average molecular weight is 289 g/mol. The van der Waals surface area contributed by atoms with Crippen molar-refractivity contribution in [1.29, 1.82) is 0 Å². The molecule has 1 saturated heterocycles. The van der Waals surface area contributed by atoms with Crippen molar-refractivity contribution in [2.75, 3.05) is 0 Å². The molecule has 2 bridgehead atoms. The minimum absolute atomic E-state index is 0.0375. The van der Waals surface area contributed by atoms with Crippen molar-refractivity contribution in [2.24, 2.45) is 22.7 Å². The number of esters is 1. The molecule has 3 saturated carbocycles. The Morgan fingerprint density at radius 2 is 2.29 bits per heavy atom. The van der Waals surface area contributed by atoms with Crippen LogP contribution in [0.1, 0.15) is 40.0 Å². The van der Waals surface area contributed by atoms with Gasteiger partial charge in [0.25, 0.3) is 5.78 Å². The van der Waals surface area contributed by atoms with E-state index in [4.69, 9.17) is 16.0 Å². The second-order valence-corrected chi connectivity index (χ2v) is 7.56. The largest absolute Gasteiger partial charge is 0.459 e. The first-order valence-electron chi connectivity index (χ1n) is 7.66. The molecule has 0 radical (unpaired) electrons. The van der Waals surface area contributed by atoms with E-state index in [1.807, 2.05) is 20.8 Å². The molecule has 4 aliphatic rings. The topological polar surface area (TPSA) is 57.0 Å². The zero-order valence-electron chi connectivity index (χ0n) is 12.5. The number of carbonyl (C=O) groups is 2. The molecule has 4 fully saturated rings. The Bertz CT molecular complexity index is 606. The first kappa shape index (κ1) is 13.3. The summed E-state index contributed by atoms with van der Waals surface area (Å²) < 4.78 is 11.4. The Balaban J connectivity index is 1.58. The van der Waals surface area contributed by atoms with Crippen LogP contribution < -0.4 is 0 Å². The Morgan fingerprint density at radius 3 is 2.90 bits per heavy atom. The van der Waals surface area contributed by atoms with E-state index < -0.39 is 11.1 Å². The van der Waals surface area contributed by atoms with Gasteiger partial charge in [-0.25, -0.2) is 6.57 Å². The van der Waals surface area contributed by atoms with E-state index >= 15 is 0 Å². The molecular weight excluding hydrogens is 270 g/mol. The molecule has 6 unspecified atom stereocenters. The molecule has 21 heavy (non-hydrogen) atoms. The van der Waals surface area contributed by atoms with E-state index in [-0.39, 0.29) is 41.2 Å². The summed E-state index contributed by atoms with van der Waals surface area (Å²) in [6, 6.07) is 0. The van der Waals surface area contributed by atoms with Gasteiger partial charge in [0, 0.05) is 11.8 Å². The third-order valence-electron chi connectivity index (χ3n) is 6.45. The number of nitrogens with zero attached hydrogens (tertiary/aromatic N) is 1. The molecule has 5 nitrogen and oxygen atoms in total. The number of hydrogen-bond acceptors (Lipinski definition) is 4. The molecular formula is C16H19NO4. The van der Waals surface area contributed by atoms with Crippen LogP contribution >= 0.6 is 0 Å². The van der Waals surface area contributed by atoms with Crippen molar-refractivity contribution in [3.05, 3.63) is 11.4 Å². The summed E-state index contributed by atoms with van der Waals surface area (Å²) in [5.41, 5.74) is -2.09. The molecule has 5 heteroatoms. The monoisotopic (exact) mass is 289 g/mol. The van der Waals surface area contributed by atoms with E-state index in [1.54, 1.807) is 0 Å². The van der Waals surface area contributed by atoms with Crippen molar-refractivity contribution in [3.63, 3.8) is 0 Å². The predicted octanol–water partition coefficient (Wildman–Crippen LogP) is 1.96. The smallest absolute Gasteiger partial charge is 0.406 e. The lowest BCUT2D eigenvalue weighted by Crippen LogP contribution is -2.84. The summed E-state index contributed by atoms with van der Waals surface area (Å²) in [6.45, 7) is 13.0. The lowest BCUT2D eigenvalue weighted by atomic mass is 9.47. The number of carbonyl (C=O) groups excluding carboxylic acids is 2. The number of Topliss-reactive ketones (excluding diaryl/α,β-unsaturated/α-hetero) is 1. The number of rotatable bonds is 3. The van der Waals surface area contributed by atoms with E-state index in [0.29, 0.717) is 6.42 Å². The Hall–Kier alpha value is -1.41.